The molecule has 216 valence electrons. The highest BCUT2D eigenvalue weighted by Gasteiger charge is 2.54. The van der Waals surface area contributed by atoms with E-state index in [1.807, 2.05) is 47.4 Å². The summed E-state index contributed by atoms with van der Waals surface area (Å²) >= 11 is 0. The molecule has 2 heterocycles. The fourth-order valence-electron chi connectivity index (χ4n) is 6.92. The molecule has 3 N–H and O–H groups in total. The van der Waals surface area contributed by atoms with Crippen molar-refractivity contribution >= 4 is 11.8 Å². The Labute approximate surface area is 238 Å². The SMILES string of the molecule is CCCCN1C(=O)[C@@H](CC2(O)CCCCC2)NC(=O)C12CCN(Cc1ccc(C(O)c3ccccc3)cc1)CC2. The zero-order valence-electron chi connectivity index (χ0n) is 23.9. The Balaban J connectivity index is 1.23. The van der Waals surface area contributed by atoms with Crippen molar-refractivity contribution in [2.75, 3.05) is 19.6 Å². The van der Waals surface area contributed by atoms with Gasteiger partial charge in [-0.15, -0.1) is 0 Å². The summed E-state index contributed by atoms with van der Waals surface area (Å²) in [6.07, 6.45) is 7.17. The van der Waals surface area contributed by atoms with E-state index >= 15 is 0 Å². The van der Waals surface area contributed by atoms with E-state index in [1.54, 1.807) is 0 Å². The van der Waals surface area contributed by atoms with Gasteiger partial charge in [0.15, 0.2) is 0 Å². The summed E-state index contributed by atoms with van der Waals surface area (Å²) in [6, 6.07) is 17.1. The number of unbranched alkanes of at least 4 members (excludes halogenated alkanes) is 1. The molecule has 3 aliphatic rings. The first-order valence-electron chi connectivity index (χ1n) is 15.2. The van der Waals surface area contributed by atoms with Crippen LogP contribution in [0.5, 0.6) is 0 Å². The van der Waals surface area contributed by atoms with E-state index in [2.05, 4.69) is 29.3 Å². The third kappa shape index (κ3) is 6.12. The number of aliphatic hydroxyl groups is 2. The maximum absolute atomic E-state index is 13.8. The van der Waals surface area contributed by atoms with Crippen LogP contribution < -0.4 is 5.32 Å². The zero-order chi connectivity index (χ0) is 28.2. The van der Waals surface area contributed by atoms with Crippen LogP contribution in [0, 0.1) is 0 Å². The number of aliphatic hydroxyl groups excluding tert-OH is 1. The van der Waals surface area contributed by atoms with E-state index in [-0.39, 0.29) is 11.8 Å². The molecule has 3 fully saturated rings. The van der Waals surface area contributed by atoms with Crippen LogP contribution in [0.15, 0.2) is 54.6 Å². The molecule has 2 saturated heterocycles. The van der Waals surface area contributed by atoms with Crippen molar-refractivity contribution in [3.8, 4) is 0 Å². The van der Waals surface area contributed by atoms with E-state index in [0.717, 1.165) is 68.4 Å². The fraction of sp³-hybridized carbons (Fsp3) is 0.576. The Bertz CT molecular complexity index is 1140. The van der Waals surface area contributed by atoms with Crippen molar-refractivity contribution in [1.82, 2.24) is 15.1 Å². The second-order valence-electron chi connectivity index (χ2n) is 12.2. The van der Waals surface area contributed by atoms with E-state index in [1.165, 1.54) is 0 Å². The molecule has 7 heteroatoms. The second kappa shape index (κ2) is 12.4. The second-order valence-corrected chi connectivity index (χ2v) is 12.2. The first-order valence-corrected chi connectivity index (χ1v) is 15.2. The number of nitrogens with one attached hydrogen (secondary N) is 1. The summed E-state index contributed by atoms with van der Waals surface area (Å²) in [7, 11) is 0. The number of carbonyl (C=O) groups is 2. The van der Waals surface area contributed by atoms with Gasteiger partial charge in [-0.25, -0.2) is 0 Å². The molecule has 0 radical (unpaired) electrons. The summed E-state index contributed by atoms with van der Waals surface area (Å²) in [4.78, 5) is 31.7. The number of piperazine rings is 1. The van der Waals surface area contributed by atoms with Crippen molar-refractivity contribution in [2.24, 2.45) is 0 Å². The van der Waals surface area contributed by atoms with E-state index in [4.69, 9.17) is 0 Å². The molecule has 1 aliphatic carbocycles. The standard InChI is InChI=1S/C33H45N3O4/c1-2-3-20-36-30(38)28(23-32(40)16-8-5-9-17-32)34-31(39)33(36)18-21-35(22-19-33)24-25-12-14-27(15-13-25)29(37)26-10-6-4-7-11-26/h4,6-7,10-15,28-29,37,40H,2-3,5,8-9,16-24H2,1H3,(H,34,39)/t28-,29?/m1/s1. The first kappa shape index (κ1) is 28.8. The van der Waals surface area contributed by atoms with Gasteiger partial charge in [0.2, 0.25) is 11.8 Å². The van der Waals surface area contributed by atoms with Crippen LogP contribution in [0.1, 0.15) is 93.9 Å². The molecule has 2 aliphatic heterocycles. The number of nitrogens with zero attached hydrogens (tertiary/aromatic N) is 2. The van der Waals surface area contributed by atoms with Crippen LogP contribution in [0.2, 0.25) is 0 Å². The number of likely N-dealkylation sites (tertiary alicyclic amines) is 1. The number of piperidine rings is 1. The third-order valence-electron chi connectivity index (χ3n) is 9.41. The number of rotatable bonds is 9. The lowest BCUT2D eigenvalue weighted by Gasteiger charge is -2.52. The van der Waals surface area contributed by atoms with Crippen molar-refractivity contribution in [2.45, 2.75) is 101 Å². The Morgan fingerprint density at radius 3 is 2.23 bits per heavy atom. The topological polar surface area (TPSA) is 93.1 Å². The zero-order valence-corrected chi connectivity index (χ0v) is 23.9. The van der Waals surface area contributed by atoms with Crippen LogP contribution in [0.4, 0.5) is 0 Å². The van der Waals surface area contributed by atoms with Crippen LogP contribution >= 0.6 is 0 Å². The smallest absolute Gasteiger partial charge is 0.246 e. The number of amides is 2. The Morgan fingerprint density at radius 2 is 1.57 bits per heavy atom. The lowest BCUT2D eigenvalue weighted by Crippen LogP contribution is -2.73. The predicted octanol–water partition coefficient (Wildman–Crippen LogP) is 4.32. The summed E-state index contributed by atoms with van der Waals surface area (Å²) in [6.45, 7) is 4.91. The average molecular weight is 548 g/mol. The van der Waals surface area contributed by atoms with Crippen molar-refractivity contribution in [1.29, 1.82) is 0 Å². The van der Waals surface area contributed by atoms with Gasteiger partial charge < -0.3 is 20.4 Å². The first-order chi connectivity index (χ1) is 19.3. The van der Waals surface area contributed by atoms with E-state index < -0.39 is 23.3 Å². The molecule has 2 amide bonds. The lowest BCUT2D eigenvalue weighted by atomic mass is 9.77. The van der Waals surface area contributed by atoms with Crippen LogP contribution in [0.25, 0.3) is 0 Å². The molecule has 1 unspecified atom stereocenters. The minimum absolute atomic E-state index is 0.0203. The normalized spacial score (nSPS) is 23.7. The van der Waals surface area contributed by atoms with Crippen LogP contribution in [-0.2, 0) is 16.1 Å². The van der Waals surface area contributed by atoms with Gasteiger partial charge in [-0.2, -0.15) is 0 Å². The van der Waals surface area contributed by atoms with Gasteiger partial charge in [0.05, 0.1) is 5.60 Å². The summed E-state index contributed by atoms with van der Waals surface area (Å²) in [5.74, 6) is -0.0698. The molecule has 1 spiro atoms. The molecule has 7 nitrogen and oxygen atoms in total. The summed E-state index contributed by atoms with van der Waals surface area (Å²) in [5.41, 5.74) is 1.23. The molecular weight excluding hydrogens is 502 g/mol. The molecule has 0 aromatic heterocycles. The minimum Gasteiger partial charge on any atom is -0.390 e. The molecule has 5 rings (SSSR count). The number of hydrogen-bond donors (Lipinski definition) is 3. The average Bonchev–Trinajstić information content (AvgIpc) is 2.98. The van der Waals surface area contributed by atoms with Crippen molar-refractivity contribution < 1.29 is 19.8 Å². The largest absolute Gasteiger partial charge is 0.390 e. The number of carbonyl (C=O) groups excluding carboxylic acids is 2. The molecular formula is C33H45N3O4. The maximum Gasteiger partial charge on any atom is 0.246 e. The van der Waals surface area contributed by atoms with E-state index in [9.17, 15) is 19.8 Å². The van der Waals surface area contributed by atoms with Crippen molar-refractivity contribution in [3.63, 3.8) is 0 Å². The Kier molecular flexibility index (Phi) is 8.93. The number of benzene rings is 2. The molecule has 40 heavy (non-hydrogen) atoms. The monoisotopic (exact) mass is 547 g/mol. The van der Waals surface area contributed by atoms with Crippen molar-refractivity contribution in [3.05, 3.63) is 71.3 Å². The highest BCUT2D eigenvalue weighted by Crippen LogP contribution is 2.37. The fourth-order valence-corrected chi connectivity index (χ4v) is 6.92. The van der Waals surface area contributed by atoms with Crippen LogP contribution in [0.3, 0.4) is 0 Å². The van der Waals surface area contributed by atoms with Gasteiger partial charge in [0.25, 0.3) is 0 Å². The van der Waals surface area contributed by atoms with Gasteiger partial charge in [-0.1, -0.05) is 87.2 Å². The van der Waals surface area contributed by atoms with Gasteiger partial charge in [0.1, 0.15) is 17.7 Å². The van der Waals surface area contributed by atoms with E-state index in [0.29, 0.717) is 38.6 Å². The molecule has 2 aromatic rings. The molecule has 1 saturated carbocycles. The highest BCUT2D eigenvalue weighted by molar-refractivity contribution is 6.00. The summed E-state index contributed by atoms with van der Waals surface area (Å²) in [5, 5.41) is 24.9. The molecule has 2 aromatic carbocycles. The minimum atomic E-state index is -0.858. The van der Waals surface area contributed by atoms with Gasteiger partial charge >= 0.3 is 0 Å². The maximum atomic E-state index is 13.8. The molecule has 2 atom stereocenters. The molecule has 0 bridgehead atoms. The lowest BCUT2D eigenvalue weighted by molar-refractivity contribution is -0.163. The van der Waals surface area contributed by atoms with Gasteiger partial charge in [0, 0.05) is 32.6 Å². The van der Waals surface area contributed by atoms with Crippen LogP contribution in [-0.4, -0.2) is 68.6 Å². The van der Waals surface area contributed by atoms with Gasteiger partial charge in [-0.3, -0.25) is 14.5 Å². The number of hydrogen-bond acceptors (Lipinski definition) is 5. The Hall–Kier alpha value is -2.74. The highest BCUT2D eigenvalue weighted by atomic mass is 16.3. The predicted molar refractivity (Wildman–Crippen MR) is 155 cm³/mol. The quantitative estimate of drug-likeness (QED) is 0.435. The van der Waals surface area contributed by atoms with Gasteiger partial charge in [-0.05, 0) is 48.8 Å². The third-order valence-corrected chi connectivity index (χ3v) is 9.41. The Morgan fingerprint density at radius 1 is 0.925 bits per heavy atom. The summed E-state index contributed by atoms with van der Waals surface area (Å²) < 4.78 is 0.